The van der Waals surface area contributed by atoms with Gasteiger partial charge in [0.2, 0.25) is 0 Å². The van der Waals surface area contributed by atoms with E-state index in [-0.39, 0.29) is 0 Å². The summed E-state index contributed by atoms with van der Waals surface area (Å²) in [6, 6.07) is 1.56. The van der Waals surface area contributed by atoms with Crippen LogP contribution in [-0.4, -0.2) is 25.5 Å². The molecule has 0 bridgehead atoms. The Morgan fingerprint density at radius 1 is 1.42 bits per heavy atom. The quantitative estimate of drug-likeness (QED) is 0.628. The van der Waals surface area contributed by atoms with Crippen molar-refractivity contribution >= 4 is 6.29 Å². The molecule has 0 atom stereocenters. The molecule has 1 rings (SSSR count). The van der Waals surface area contributed by atoms with Crippen LogP contribution in [-0.2, 0) is 0 Å². The van der Waals surface area contributed by atoms with Crippen molar-refractivity contribution in [1.82, 2.24) is 4.98 Å². The second-order valence-electron chi connectivity index (χ2n) is 2.06. The van der Waals surface area contributed by atoms with Crippen molar-refractivity contribution in [1.29, 1.82) is 0 Å². The van der Waals surface area contributed by atoms with Gasteiger partial charge in [-0.15, -0.1) is 0 Å². The molecule has 0 amide bonds. The number of methoxy groups -OCH3 is 2. The van der Waals surface area contributed by atoms with Crippen molar-refractivity contribution in [3.05, 3.63) is 17.8 Å². The van der Waals surface area contributed by atoms with Crippen LogP contribution >= 0.6 is 0 Å². The van der Waals surface area contributed by atoms with Crippen molar-refractivity contribution in [2.45, 2.75) is 0 Å². The number of hydrogen-bond donors (Lipinski definition) is 0. The standard InChI is InChI=1S/C8H9NO3/c1-11-7-6(5-10)3-4-9-8(7)12-2/h3-5H,1-2H3. The SMILES string of the molecule is COc1nccc(C=O)c1OC. The zero-order valence-electron chi connectivity index (χ0n) is 6.90. The molecule has 12 heavy (non-hydrogen) atoms. The van der Waals surface area contributed by atoms with Crippen molar-refractivity contribution in [2.24, 2.45) is 0 Å². The molecule has 0 aliphatic rings. The van der Waals surface area contributed by atoms with Crippen molar-refractivity contribution in [2.75, 3.05) is 14.2 Å². The fraction of sp³-hybridized carbons (Fsp3) is 0.250. The minimum atomic E-state index is 0.321. The molecule has 0 saturated heterocycles. The lowest BCUT2D eigenvalue weighted by molar-refractivity contribution is 0.111. The van der Waals surface area contributed by atoms with Gasteiger partial charge in [-0.3, -0.25) is 4.79 Å². The lowest BCUT2D eigenvalue weighted by Crippen LogP contribution is -1.96. The number of hydrogen-bond acceptors (Lipinski definition) is 4. The first kappa shape index (κ1) is 8.52. The molecule has 0 aromatic carbocycles. The van der Waals surface area contributed by atoms with Gasteiger partial charge in [-0.1, -0.05) is 0 Å². The normalized spacial score (nSPS) is 9.17. The predicted molar refractivity (Wildman–Crippen MR) is 42.7 cm³/mol. The summed E-state index contributed by atoms with van der Waals surface area (Å²) in [5.41, 5.74) is 0.435. The number of aromatic nitrogens is 1. The van der Waals surface area contributed by atoms with Crippen LogP contribution in [0.25, 0.3) is 0 Å². The van der Waals surface area contributed by atoms with Crippen LogP contribution in [0.5, 0.6) is 11.6 Å². The largest absolute Gasteiger partial charge is 0.491 e. The van der Waals surface area contributed by atoms with E-state index in [9.17, 15) is 4.79 Å². The molecule has 0 aliphatic heterocycles. The number of nitrogens with zero attached hydrogens (tertiary/aromatic N) is 1. The van der Waals surface area contributed by atoms with Crippen molar-refractivity contribution in [3.63, 3.8) is 0 Å². The highest BCUT2D eigenvalue weighted by Crippen LogP contribution is 2.26. The van der Waals surface area contributed by atoms with E-state index in [1.807, 2.05) is 0 Å². The molecule has 1 heterocycles. The van der Waals surface area contributed by atoms with Crippen molar-refractivity contribution in [3.8, 4) is 11.6 Å². The maximum absolute atomic E-state index is 10.5. The number of rotatable bonds is 3. The molecule has 64 valence electrons. The van der Waals surface area contributed by atoms with E-state index in [0.717, 1.165) is 0 Å². The molecule has 0 N–H and O–H groups in total. The zero-order chi connectivity index (χ0) is 8.97. The van der Waals surface area contributed by atoms with E-state index in [1.165, 1.54) is 20.4 Å². The fourth-order valence-electron chi connectivity index (χ4n) is 0.886. The highest BCUT2D eigenvalue weighted by atomic mass is 16.5. The smallest absolute Gasteiger partial charge is 0.257 e. The summed E-state index contributed by atoms with van der Waals surface area (Å²) in [7, 11) is 2.94. The summed E-state index contributed by atoms with van der Waals surface area (Å²) >= 11 is 0. The van der Waals surface area contributed by atoms with E-state index < -0.39 is 0 Å². The Labute approximate surface area is 70.1 Å². The molecule has 1 aromatic rings. The van der Waals surface area contributed by atoms with Gasteiger partial charge >= 0.3 is 0 Å². The summed E-state index contributed by atoms with van der Waals surface area (Å²) in [5.74, 6) is 0.692. The second kappa shape index (κ2) is 3.71. The van der Waals surface area contributed by atoms with Gasteiger partial charge in [-0.05, 0) is 6.07 Å². The Balaban J connectivity index is 3.21. The molecule has 0 radical (unpaired) electrons. The van der Waals surface area contributed by atoms with Crippen molar-refractivity contribution < 1.29 is 14.3 Å². The molecule has 4 heteroatoms. The average Bonchev–Trinajstić information content (AvgIpc) is 2.16. The molecule has 0 fully saturated rings. The molecule has 4 nitrogen and oxygen atoms in total. The van der Waals surface area contributed by atoms with Crippen LogP contribution in [0.3, 0.4) is 0 Å². The van der Waals surface area contributed by atoms with E-state index in [0.29, 0.717) is 23.5 Å². The maximum Gasteiger partial charge on any atom is 0.257 e. The van der Waals surface area contributed by atoms with Gasteiger partial charge < -0.3 is 9.47 Å². The first-order valence-corrected chi connectivity index (χ1v) is 3.35. The minimum absolute atomic E-state index is 0.321. The number of ether oxygens (including phenoxy) is 2. The first-order chi connectivity index (χ1) is 5.83. The van der Waals surface area contributed by atoms with Gasteiger partial charge in [0.25, 0.3) is 5.88 Å². The van der Waals surface area contributed by atoms with Gasteiger partial charge in [0.15, 0.2) is 12.0 Å². The van der Waals surface area contributed by atoms with Crippen LogP contribution in [0.15, 0.2) is 12.3 Å². The Kier molecular flexibility index (Phi) is 2.63. The summed E-state index contributed by atoms with van der Waals surface area (Å²) in [5, 5.41) is 0. The average molecular weight is 167 g/mol. The van der Waals surface area contributed by atoms with Gasteiger partial charge in [0.05, 0.1) is 19.8 Å². The summed E-state index contributed by atoms with van der Waals surface area (Å²) in [6.07, 6.45) is 2.19. The molecule has 1 aromatic heterocycles. The third-order valence-corrected chi connectivity index (χ3v) is 1.43. The highest BCUT2D eigenvalue weighted by molar-refractivity contribution is 5.80. The lowest BCUT2D eigenvalue weighted by atomic mass is 10.2. The Morgan fingerprint density at radius 3 is 2.67 bits per heavy atom. The fourth-order valence-corrected chi connectivity index (χ4v) is 0.886. The Morgan fingerprint density at radius 2 is 2.17 bits per heavy atom. The molecule has 0 saturated carbocycles. The Hall–Kier alpha value is -1.58. The summed E-state index contributed by atoms with van der Waals surface area (Å²) in [4.78, 5) is 14.4. The topological polar surface area (TPSA) is 48.4 Å². The number of pyridine rings is 1. The minimum Gasteiger partial charge on any atom is -0.491 e. The number of carbonyl (C=O) groups is 1. The zero-order valence-corrected chi connectivity index (χ0v) is 6.90. The maximum atomic E-state index is 10.5. The molecular formula is C8H9NO3. The molecule has 0 spiro atoms. The van der Waals surface area contributed by atoms with E-state index >= 15 is 0 Å². The van der Waals surface area contributed by atoms with E-state index in [4.69, 9.17) is 9.47 Å². The van der Waals surface area contributed by atoms with Gasteiger partial charge in [0, 0.05) is 6.20 Å². The number of carbonyl (C=O) groups excluding carboxylic acids is 1. The third kappa shape index (κ3) is 1.37. The monoisotopic (exact) mass is 167 g/mol. The van der Waals surface area contributed by atoms with Gasteiger partial charge in [-0.2, -0.15) is 0 Å². The molecular weight excluding hydrogens is 158 g/mol. The van der Waals surface area contributed by atoms with Gasteiger partial charge in [0.1, 0.15) is 0 Å². The highest BCUT2D eigenvalue weighted by Gasteiger charge is 2.08. The third-order valence-electron chi connectivity index (χ3n) is 1.43. The van der Waals surface area contributed by atoms with Crippen LogP contribution < -0.4 is 9.47 Å². The molecule has 0 aliphatic carbocycles. The number of aldehydes is 1. The van der Waals surface area contributed by atoms with Crippen LogP contribution in [0.1, 0.15) is 10.4 Å². The summed E-state index contributed by atoms with van der Waals surface area (Å²) < 4.78 is 9.82. The van der Waals surface area contributed by atoms with E-state index in [1.54, 1.807) is 6.07 Å². The van der Waals surface area contributed by atoms with Crippen LogP contribution in [0.2, 0.25) is 0 Å². The van der Waals surface area contributed by atoms with Crippen LogP contribution in [0.4, 0.5) is 0 Å². The second-order valence-corrected chi connectivity index (χ2v) is 2.06. The molecule has 0 unspecified atom stereocenters. The predicted octanol–water partition coefficient (Wildman–Crippen LogP) is 0.911. The van der Waals surface area contributed by atoms with E-state index in [2.05, 4.69) is 4.98 Å². The Bertz CT molecular complexity index is 286. The lowest BCUT2D eigenvalue weighted by Gasteiger charge is -2.06. The summed E-state index contributed by atoms with van der Waals surface area (Å²) in [6.45, 7) is 0. The first-order valence-electron chi connectivity index (χ1n) is 3.35. The van der Waals surface area contributed by atoms with Crippen LogP contribution in [0, 0.1) is 0 Å². The van der Waals surface area contributed by atoms with Gasteiger partial charge in [-0.25, -0.2) is 4.98 Å².